The molecule has 0 N–H and O–H groups in total. The van der Waals surface area contributed by atoms with Crippen molar-refractivity contribution < 1.29 is 9.30 Å². The molecule has 38 heavy (non-hydrogen) atoms. The maximum atomic E-state index is 7.10. The lowest BCUT2D eigenvalue weighted by Gasteiger charge is -2.42. The van der Waals surface area contributed by atoms with Gasteiger partial charge in [0.2, 0.25) is 0 Å². The van der Waals surface area contributed by atoms with Gasteiger partial charge in [0.25, 0.3) is 5.52 Å². The number of hydrogen-bond acceptors (Lipinski definition) is 2. The molecule has 0 saturated carbocycles. The van der Waals surface area contributed by atoms with E-state index in [1.165, 1.54) is 50.0 Å². The number of pyridine rings is 1. The lowest BCUT2D eigenvalue weighted by atomic mass is 9.75. The molecule has 3 heterocycles. The fraction of sp³-hybridized carbons (Fsp3) is 0.171. The fourth-order valence-corrected chi connectivity index (χ4v) is 7.24. The van der Waals surface area contributed by atoms with Crippen LogP contribution in [-0.4, -0.2) is 0 Å². The molecule has 5 aromatic rings. The lowest BCUT2D eigenvalue weighted by molar-refractivity contribution is -0.645. The summed E-state index contributed by atoms with van der Waals surface area (Å²) in [6.07, 6.45) is 1.85. The van der Waals surface area contributed by atoms with Crippen LogP contribution in [0.5, 0.6) is 5.75 Å². The Morgan fingerprint density at radius 2 is 1.45 bits per heavy atom. The minimum absolute atomic E-state index is 0.101. The Kier molecular flexibility index (Phi) is 4.33. The van der Waals surface area contributed by atoms with Crippen molar-refractivity contribution >= 4 is 22.2 Å². The summed E-state index contributed by atoms with van der Waals surface area (Å²) in [7, 11) is 2.09. The predicted octanol–water partition coefficient (Wildman–Crippen LogP) is 7.41. The van der Waals surface area contributed by atoms with Crippen LogP contribution >= 0.6 is 0 Å². The second kappa shape index (κ2) is 7.58. The average Bonchev–Trinajstić information content (AvgIpc) is 3.38. The third kappa shape index (κ3) is 2.71. The van der Waals surface area contributed by atoms with Gasteiger partial charge in [0, 0.05) is 28.3 Å². The topological polar surface area (TPSA) is 16.4 Å². The molecule has 3 nitrogen and oxygen atoms in total. The van der Waals surface area contributed by atoms with Crippen LogP contribution in [-0.2, 0) is 12.5 Å². The van der Waals surface area contributed by atoms with Gasteiger partial charge in [0.05, 0.1) is 11.4 Å². The Balaban J connectivity index is 1.39. The summed E-state index contributed by atoms with van der Waals surface area (Å²) in [5.74, 6) is 0.900. The summed E-state index contributed by atoms with van der Waals surface area (Å²) < 4.78 is 9.26. The van der Waals surface area contributed by atoms with Crippen molar-refractivity contribution in [3.05, 3.63) is 143 Å². The smallest absolute Gasteiger partial charge is 0.254 e. The van der Waals surface area contributed by atoms with Gasteiger partial charge in [-0.15, -0.1) is 0 Å². The first-order valence-electron chi connectivity index (χ1n) is 13.4. The maximum Gasteiger partial charge on any atom is 0.254 e. The highest BCUT2D eigenvalue weighted by Gasteiger charge is 2.53. The molecule has 0 bridgehead atoms. The molecule has 2 atom stereocenters. The van der Waals surface area contributed by atoms with Crippen LogP contribution in [0.3, 0.4) is 0 Å². The van der Waals surface area contributed by atoms with Crippen molar-refractivity contribution in [3.63, 3.8) is 0 Å². The third-order valence-electron chi connectivity index (χ3n) is 8.83. The van der Waals surface area contributed by atoms with Crippen LogP contribution in [0.15, 0.2) is 115 Å². The van der Waals surface area contributed by atoms with Crippen LogP contribution in [0, 0.1) is 0 Å². The van der Waals surface area contributed by atoms with E-state index in [2.05, 4.69) is 140 Å². The number of ether oxygens (including phenoxy) is 1. The van der Waals surface area contributed by atoms with Gasteiger partial charge in [0.1, 0.15) is 7.05 Å². The number of hydrogen-bond donors (Lipinski definition) is 0. The molecule has 1 aliphatic carbocycles. The Morgan fingerprint density at radius 1 is 0.737 bits per heavy atom. The van der Waals surface area contributed by atoms with Crippen molar-refractivity contribution in [1.82, 2.24) is 0 Å². The monoisotopic (exact) mass is 493 g/mol. The van der Waals surface area contributed by atoms with Crippen LogP contribution < -0.4 is 14.2 Å². The zero-order valence-electron chi connectivity index (χ0n) is 21.8. The third-order valence-corrected chi connectivity index (χ3v) is 8.83. The van der Waals surface area contributed by atoms with Gasteiger partial charge in [-0.1, -0.05) is 86.6 Å². The second-order valence-electron chi connectivity index (χ2n) is 11.2. The van der Waals surface area contributed by atoms with Gasteiger partial charge < -0.3 is 9.64 Å². The van der Waals surface area contributed by atoms with Gasteiger partial charge in [-0.2, -0.15) is 4.57 Å². The quantitative estimate of drug-likeness (QED) is 0.238. The van der Waals surface area contributed by atoms with Gasteiger partial charge >= 0.3 is 0 Å². The molecular weight excluding hydrogens is 464 g/mol. The van der Waals surface area contributed by atoms with E-state index in [0.717, 1.165) is 11.3 Å². The van der Waals surface area contributed by atoms with E-state index in [1.54, 1.807) is 0 Å². The minimum Gasteiger partial charge on any atom is -0.459 e. The number of aryl methyl sites for hydroxylation is 1. The molecule has 2 aliphatic heterocycles. The average molecular weight is 494 g/mol. The Bertz CT molecular complexity index is 1810. The van der Waals surface area contributed by atoms with E-state index in [4.69, 9.17) is 4.74 Å². The molecule has 3 aliphatic rings. The summed E-state index contributed by atoms with van der Waals surface area (Å²) in [6, 6.07) is 37.4. The zero-order valence-corrected chi connectivity index (χ0v) is 21.8. The number of benzene rings is 4. The molecule has 0 fully saturated rings. The SMILES string of the molecule is C[n+]1cccc2cccc(OC3c4ccccc4C4C5=C(c6ccccc6N34)c3ccccc3C5(C)C)c21. The molecule has 3 heteroatoms. The van der Waals surface area contributed by atoms with Gasteiger partial charge in [0.15, 0.2) is 18.2 Å². The first-order chi connectivity index (χ1) is 18.6. The highest BCUT2D eigenvalue weighted by molar-refractivity contribution is 5.98. The lowest BCUT2D eigenvalue weighted by Crippen LogP contribution is -2.37. The first-order valence-corrected chi connectivity index (χ1v) is 13.4. The Hall–Kier alpha value is -4.37. The van der Waals surface area contributed by atoms with Crippen LogP contribution in [0.25, 0.3) is 16.5 Å². The number of aromatic nitrogens is 1. The molecule has 0 saturated heterocycles. The van der Waals surface area contributed by atoms with E-state index < -0.39 is 0 Å². The Morgan fingerprint density at radius 3 is 2.32 bits per heavy atom. The van der Waals surface area contributed by atoms with E-state index in [9.17, 15) is 0 Å². The summed E-state index contributed by atoms with van der Waals surface area (Å²) in [5, 5.41) is 1.17. The van der Waals surface area contributed by atoms with Crippen LogP contribution in [0.1, 0.15) is 53.9 Å². The number of para-hydroxylation sites is 2. The predicted molar refractivity (Wildman–Crippen MR) is 152 cm³/mol. The first kappa shape index (κ1) is 21.7. The molecule has 184 valence electrons. The Labute approximate surface area is 223 Å². The van der Waals surface area contributed by atoms with Gasteiger partial charge in [-0.25, -0.2) is 0 Å². The highest BCUT2D eigenvalue weighted by Crippen LogP contribution is 2.63. The van der Waals surface area contributed by atoms with Crippen molar-refractivity contribution in [2.75, 3.05) is 4.90 Å². The number of rotatable bonds is 2. The minimum atomic E-state index is -0.239. The number of nitrogens with zero attached hydrogens (tertiary/aromatic N) is 2. The van der Waals surface area contributed by atoms with Crippen molar-refractivity contribution in [3.8, 4) is 5.75 Å². The molecule has 0 amide bonds. The van der Waals surface area contributed by atoms with Crippen molar-refractivity contribution in [2.24, 2.45) is 7.05 Å². The van der Waals surface area contributed by atoms with Crippen molar-refractivity contribution in [2.45, 2.75) is 31.5 Å². The van der Waals surface area contributed by atoms with Gasteiger partial charge in [-0.05, 0) is 52.1 Å². The molecule has 2 unspecified atom stereocenters. The normalized spacial score (nSPS) is 20.0. The maximum absolute atomic E-state index is 7.10. The molecular formula is C35H29N2O+. The molecule has 4 aromatic carbocycles. The summed E-state index contributed by atoms with van der Waals surface area (Å²) in [5.41, 5.74) is 11.7. The number of fused-ring (bicyclic) bond motifs is 10. The van der Waals surface area contributed by atoms with E-state index in [0.29, 0.717) is 0 Å². The molecule has 1 aromatic heterocycles. The summed E-state index contributed by atoms with van der Waals surface area (Å²) >= 11 is 0. The molecule has 0 spiro atoms. The zero-order chi connectivity index (χ0) is 25.6. The van der Waals surface area contributed by atoms with E-state index in [-0.39, 0.29) is 17.7 Å². The second-order valence-corrected chi connectivity index (χ2v) is 11.2. The van der Waals surface area contributed by atoms with E-state index >= 15 is 0 Å². The van der Waals surface area contributed by atoms with E-state index in [1.807, 2.05) is 0 Å². The fourth-order valence-electron chi connectivity index (χ4n) is 7.24. The number of anilines is 1. The van der Waals surface area contributed by atoms with Crippen LogP contribution in [0.4, 0.5) is 5.69 Å². The van der Waals surface area contributed by atoms with Crippen molar-refractivity contribution in [1.29, 1.82) is 0 Å². The van der Waals surface area contributed by atoms with Crippen LogP contribution in [0.2, 0.25) is 0 Å². The molecule has 0 radical (unpaired) electrons. The summed E-state index contributed by atoms with van der Waals surface area (Å²) in [4.78, 5) is 2.54. The van der Waals surface area contributed by atoms with Gasteiger partial charge in [-0.3, -0.25) is 0 Å². The standard InChI is InChI=1S/C35H29N2O/c1-35(2)27-18-8-6-16-25(27)30-26-17-7-9-19-28(26)37-33(31(30)35)23-14-4-5-15-24(23)34(37)38-29-20-10-12-22-13-11-21-36(3)32(22)29/h4-21,33-34H,1-3H3/q+1. The molecule has 8 rings (SSSR count). The largest absolute Gasteiger partial charge is 0.459 e. The highest BCUT2D eigenvalue weighted by atomic mass is 16.5. The summed E-state index contributed by atoms with van der Waals surface area (Å²) in [6.45, 7) is 4.78.